The first-order valence-corrected chi connectivity index (χ1v) is 8.83. The van der Waals surface area contributed by atoms with E-state index in [-0.39, 0.29) is 17.3 Å². The minimum atomic E-state index is -0.888. The molecule has 0 unspecified atom stereocenters. The first-order chi connectivity index (χ1) is 13.1. The van der Waals surface area contributed by atoms with Crippen LogP contribution in [0.25, 0.3) is 0 Å². The summed E-state index contributed by atoms with van der Waals surface area (Å²) in [6.07, 6.45) is 0.803. The Bertz CT molecular complexity index is 964. The number of nitro groups is 1. The van der Waals surface area contributed by atoms with Gasteiger partial charge in [-0.05, 0) is 12.0 Å². The maximum atomic E-state index is 13.1. The Morgan fingerprint density at radius 3 is 2.59 bits per heavy atom. The van der Waals surface area contributed by atoms with Crippen LogP contribution < -0.4 is 0 Å². The van der Waals surface area contributed by atoms with Crippen molar-refractivity contribution in [2.75, 3.05) is 0 Å². The zero-order valence-electron chi connectivity index (χ0n) is 14.5. The molecule has 6 heteroatoms. The fourth-order valence-corrected chi connectivity index (χ4v) is 3.82. The Labute approximate surface area is 155 Å². The lowest BCUT2D eigenvalue weighted by Gasteiger charge is -2.20. The van der Waals surface area contributed by atoms with Gasteiger partial charge in [0.15, 0.2) is 11.9 Å². The normalized spacial score (nSPS) is 21.6. The molecule has 0 spiro atoms. The summed E-state index contributed by atoms with van der Waals surface area (Å²) in [7, 11) is 0. The highest BCUT2D eigenvalue weighted by Gasteiger charge is 2.46. The third-order valence-electron chi connectivity index (χ3n) is 5.05. The quantitative estimate of drug-likeness (QED) is 0.466. The molecule has 6 nitrogen and oxygen atoms in total. The molecule has 0 bridgehead atoms. The number of allylic oxidation sites excluding steroid dienone is 1. The second-order valence-electron chi connectivity index (χ2n) is 6.71. The van der Waals surface area contributed by atoms with E-state index >= 15 is 0 Å². The number of Topliss-reactive ketones (excluding diaryl/α,β-unsaturated/α-hetero) is 2. The van der Waals surface area contributed by atoms with Gasteiger partial charge in [0.2, 0.25) is 5.78 Å². The third-order valence-corrected chi connectivity index (χ3v) is 5.05. The molecule has 136 valence electrons. The topological polar surface area (TPSA) is 86.5 Å². The summed E-state index contributed by atoms with van der Waals surface area (Å²) in [5.41, 5.74) is 1.47. The van der Waals surface area contributed by atoms with Gasteiger partial charge in [-0.3, -0.25) is 19.7 Å². The monoisotopic (exact) mass is 363 g/mol. The number of hydrogen-bond donors (Lipinski definition) is 0. The summed E-state index contributed by atoms with van der Waals surface area (Å²) in [5.74, 6) is -0.345. The predicted octanol–water partition coefficient (Wildman–Crippen LogP) is 3.97. The Balaban J connectivity index is 1.80. The molecule has 0 N–H and O–H groups in total. The highest BCUT2D eigenvalue weighted by Crippen LogP contribution is 2.45. The van der Waals surface area contributed by atoms with Crippen LogP contribution in [0.15, 0.2) is 65.9 Å². The zero-order chi connectivity index (χ0) is 19.0. The smallest absolute Gasteiger partial charge is 0.269 e. The van der Waals surface area contributed by atoms with Crippen molar-refractivity contribution < 1.29 is 19.2 Å². The standard InChI is InChI=1S/C21H17NO5/c23-16-10-5-11-17-19(16)18(14-8-4-9-15(12-14)22(25)26)21(27-17)20(24)13-6-2-1-3-7-13/h1-4,6-9,12,18,21H,5,10-11H2/t18-,21-/m0/s1. The average Bonchev–Trinajstić information content (AvgIpc) is 3.09. The Morgan fingerprint density at radius 1 is 1.07 bits per heavy atom. The van der Waals surface area contributed by atoms with Crippen LogP contribution in [0, 0.1) is 10.1 Å². The average molecular weight is 363 g/mol. The van der Waals surface area contributed by atoms with Crippen LogP contribution in [0.4, 0.5) is 5.69 Å². The number of nitro benzene ring substituents is 1. The van der Waals surface area contributed by atoms with Crippen molar-refractivity contribution in [2.45, 2.75) is 31.3 Å². The van der Waals surface area contributed by atoms with E-state index in [1.54, 1.807) is 36.4 Å². The molecule has 0 radical (unpaired) electrons. The summed E-state index contributed by atoms with van der Waals surface area (Å²) >= 11 is 0. The number of rotatable bonds is 4. The lowest BCUT2D eigenvalue weighted by Crippen LogP contribution is -2.28. The van der Waals surface area contributed by atoms with Gasteiger partial charge in [0.25, 0.3) is 5.69 Å². The van der Waals surface area contributed by atoms with Gasteiger partial charge in [-0.1, -0.05) is 42.5 Å². The van der Waals surface area contributed by atoms with Crippen LogP contribution in [0.5, 0.6) is 0 Å². The highest BCUT2D eigenvalue weighted by atomic mass is 16.6. The number of carbonyl (C=O) groups is 2. The second-order valence-corrected chi connectivity index (χ2v) is 6.71. The number of carbonyl (C=O) groups excluding carboxylic acids is 2. The third kappa shape index (κ3) is 3.03. The summed E-state index contributed by atoms with van der Waals surface area (Å²) in [5, 5.41) is 11.2. The Hall–Kier alpha value is -3.28. The van der Waals surface area contributed by atoms with Gasteiger partial charge < -0.3 is 4.74 Å². The molecular formula is C21H17NO5. The van der Waals surface area contributed by atoms with Crippen LogP contribution >= 0.6 is 0 Å². The highest BCUT2D eigenvalue weighted by molar-refractivity contribution is 6.05. The SMILES string of the molecule is O=C1CCCC2=C1[C@H](c1cccc([N+](=O)[O-])c1)[C@@H](C(=O)c1ccccc1)O2. The number of nitrogens with zero attached hydrogens (tertiary/aromatic N) is 1. The summed E-state index contributed by atoms with van der Waals surface area (Å²) in [4.78, 5) is 36.4. The zero-order valence-corrected chi connectivity index (χ0v) is 14.5. The molecule has 1 heterocycles. The molecule has 2 atom stereocenters. The number of non-ortho nitro benzene ring substituents is 1. The van der Waals surface area contributed by atoms with E-state index in [9.17, 15) is 19.7 Å². The fraction of sp³-hybridized carbons (Fsp3) is 0.238. The van der Waals surface area contributed by atoms with Crippen molar-refractivity contribution in [1.82, 2.24) is 0 Å². The van der Waals surface area contributed by atoms with Gasteiger partial charge in [-0.15, -0.1) is 0 Å². The van der Waals surface area contributed by atoms with Crippen molar-refractivity contribution in [3.8, 4) is 0 Å². The largest absolute Gasteiger partial charge is 0.485 e. The van der Waals surface area contributed by atoms with Gasteiger partial charge in [0.05, 0.1) is 10.8 Å². The van der Waals surface area contributed by atoms with E-state index in [0.29, 0.717) is 41.7 Å². The van der Waals surface area contributed by atoms with Gasteiger partial charge in [0.1, 0.15) is 5.76 Å². The predicted molar refractivity (Wildman–Crippen MR) is 97.4 cm³/mol. The van der Waals surface area contributed by atoms with E-state index in [2.05, 4.69) is 0 Å². The molecule has 2 aromatic carbocycles. The molecule has 27 heavy (non-hydrogen) atoms. The van der Waals surface area contributed by atoms with E-state index in [4.69, 9.17) is 4.74 Å². The van der Waals surface area contributed by atoms with E-state index in [1.165, 1.54) is 12.1 Å². The van der Waals surface area contributed by atoms with Crippen LogP contribution in [-0.4, -0.2) is 22.6 Å². The van der Waals surface area contributed by atoms with Crippen molar-refractivity contribution in [3.63, 3.8) is 0 Å². The lowest BCUT2D eigenvalue weighted by atomic mass is 9.80. The maximum Gasteiger partial charge on any atom is 0.269 e. The van der Waals surface area contributed by atoms with Crippen LogP contribution in [0.2, 0.25) is 0 Å². The number of hydrogen-bond acceptors (Lipinski definition) is 5. The molecule has 1 aliphatic heterocycles. The Kier molecular flexibility index (Phi) is 4.32. The van der Waals surface area contributed by atoms with Crippen molar-refractivity contribution in [2.24, 2.45) is 0 Å². The first kappa shape index (κ1) is 17.1. The van der Waals surface area contributed by atoms with E-state index < -0.39 is 16.9 Å². The maximum absolute atomic E-state index is 13.1. The lowest BCUT2D eigenvalue weighted by molar-refractivity contribution is -0.384. The number of ether oxygens (including phenoxy) is 1. The Morgan fingerprint density at radius 2 is 1.85 bits per heavy atom. The molecule has 0 amide bonds. The van der Waals surface area contributed by atoms with Crippen molar-refractivity contribution in [3.05, 3.63) is 87.2 Å². The molecule has 1 aliphatic carbocycles. The van der Waals surface area contributed by atoms with E-state index in [1.807, 2.05) is 6.07 Å². The molecule has 0 aromatic heterocycles. The summed E-state index contributed by atoms with van der Waals surface area (Å²) < 4.78 is 5.96. The molecule has 4 rings (SSSR count). The van der Waals surface area contributed by atoms with Crippen molar-refractivity contribution in [1.29, 1.82) is 0 Å². The molecule has 0 fully saturated rings. The minimum Gasteiger partial charge on any atom is -0.485 e. The number of ketones is 2. The molecule has 0 saturated heterocycles. The van der Waals surface area contributed by atoms with Gasteiger partial charge in [0, 0.05) is 36.1 Å². The van der Waals surface area contributed by atoms with Crippen LogP contribution in [0.3, 0.4) is 0 Å². The summed E-state index contributed by atoms with van der Waals surface area (Å²) in [6, 6.07) is 14.9. The molecule has 0 saturated carbocycles. The first-order valence-electron chi connectivity index (χ1n) is 8.83. The number of benzene rings is 2. The van der Waals surface area contributed by atoms with Crippen molar-refractivity contribution >= 4 is 17.3 Å². The molecular weight excluding hydrogens is 346 g/mol. The van der Waals surface area contributed by atoms with Gasteiger partial charge in [-0.2, -0.15) is 0 Å². The minimum absolute atomic E-state index is 0.0453. The van der Waals surface area contributed by atoms with Gasteiger partial charge >= 0.3 is 0 Å². The second kappa shape index (κ2) is 6.79. The van der Waals surface area contributed by atoms with E-state index in [0.717, 1.165) is 0 Å². The fourth-order valence-electron chi connectivity index (χ4n) is 3.82. The van der Waals surface area contributed by atoms with Gasteiger partial charge in [-0.25, -0.2) is 0 Å². The molecule has 2 aliphatic rings. The van der Waals surface area contributed by atoms with Crippen LogP contribution in [-0.2, 0) is 9.53 Å². The molecule has 2 aromatic rings. The summed E-state index contributed by atoms with van der Waals surface area (Å²) in [6.45, 7) is 0. The van der Waals surface area contributed by atoms with Crippen LogP contribution in [0.1, 0.15) is 41.1 Å².